The fourth-order valence-electron chi connectivity index (χ4n) is 2.40. The van der Waals surface area contributed by atoms with Crippen LogP contribution in [0.2, 0.25) is 0 Å². The number of hydrogen-bond acceptors (Lipinski definition) is 4. The number of aliphatic hydroxyl groups excluding tert-OH is 1. The Morgan fingerprint density at radius 1 is 1.44 bits per heavy atom. The lowest BCUT2D eigenvalue weighted by molar-refractivity contribution is 0.283. The van der Waals surface area contributed by atoms with E-state index in [4.69, 9.17) is 15.6 Å². The molecule has 1 aromatic rings. The molecule has 4 nitrogen and oxygen atoms in total. The molecule has 0 bridgehead atoms. The minimum Gasteiger partial charge on any atom is -0.495 e. The Hall–Kier alpha value is -1.42. The molecule has 0 radical (unpaired) electrons. The molecule has 0 aliphatic heterocycles. The van der Waals surface area contributed by atoms with Gasteiger partial charge < -0.3 is 20.5 Å². The summed E-state index contributed by atoms with van der Waals surface area (Å²) in [5, 5.41) is 9.02. The van der Waals surface area contributed by atoms with Crippen molar-refractivity contribution in [1.29, 1.82) is 0 Å². The topological polar surface area (TPSA) is 58.7 Å². The quantitative estimate of drug-likeness (QED) is 0.758. The Morgan fingerprint density at radius 3 is 2.78 bits per heavy atom. The summed E-state index contributed by atoms with van der Waals surface area (Å²) >= 11 is 0. The van der Waals surface area contributed by atoms with E-state index in [-0.39, 0.29) is 6.61 Å². The Balaban J connectivity index is 2.23. The number of nitrogens with two attached hydrogens (primary N) is 1. The summed E-state index contributed by atoms with van der Waals surface area (Å²) in [6, 6.07) is 6.44. The molecule has 0 saturated heterocycles. The number of nitrogen functional groups attached to an aromatic ring is 1. The maximum absolute atomic E-state index is 9.02. The first-order chi connectivity index (χ1) is 8.77. The molecule has 0 spiro atoms. The fourth-order valence-corrected chi connectivity index (χ4v) is 2.40. The third-order valence-corrected chi connectivity index (χ3v) is 3.65. The molecule has 0 heterocycles. The molecule has 100 valence electrons. The smallest absolute Gasteiger partial charge is 0.143 e. The molecular weight excluding hydrogens is 228 g/mol. The van der Waals surface area contributed by atoms with Gasteiger partial charge in [-0.25, -0.2) is 0 Å². The molecule has 0 atom stereocenters. The summed E-state index contributed by atoms with van der Waals surface area (Å²) in [6.07, 6.45) is 4.47. The third-order valence-electron chi connectivity index (χ3n) is 3.65. The fraction of sp³-hybridized carbons (Fsp3) is 0.571. The Morgan fingerprint density at radius 2 is 2.22 bits per heavy atom. The van der Waals surface area contributed by atoms with Crippen LogP contribution >= 0.6 is 0 Å². The summed E-state index contributed by atoms with van der Waals surface area (Å²) < 4.78 is 5.27. The molecule has 1 fully saturated rings. The molecule has 1 aliphatic carbocycles. The van der Waals surface area contributed by atoms with Crippen LogP contribution in [-0.2, 0) is 0 Å². The highest BCUT2D eigenvalue weighted by Gasteiger charge is 2.26. The highest BCUT2D eigenvalue weighted by atomic mass is 16.5. The predicted octanol–water partition coefficient (Wildman–Crippen LogP) is 2.02. The van der Waals surface area contributed by atoms with E-state index in [9.17, 15) is 0 Å². The van der Waals surface area contributed by atoms with E-state index >= 15 is 0 Å². The molecule has 0 amide bonds. The lowest BCUT2D eigenvalue weighted by Crippen LogP contribution is -2.41. The van der Waals surface area contributed by atoms with Crippen LogP contribution < -0.4 is 15.4 Å². The van der Waals surface area contributed by atoms with Gasteiger partial charge in [-0.3, -0.25) is 0 Å². The molecule has 1 saturated carbocycles. The lowest BCUT2D eigenvalue weighted by atomic mass is 9.90. The van der Waals surface area contributed by atoms with Gasteiger partial charge in [0.25, 0.3) is 0 Å². The highest BCUT2D eigenvalue weighted by molar-refractivity contribution is 5.74. The maximum atomic E-state index is 9.02. The van der Waals surface area contributed by atoms with Crippen molar-refractivity contribution in [3.05, 3.63) is 18.2 Å². The van der Waals surface area contributed by atoms with Crippen LogP contribution in [0.1, 0.15) is 25.7 Å². The van der Waals surface area contributed by atoms with Gasteiger partial charge in [-0.15, -0.1) is 0 Å². The zero-order valence-electron chi connectivity index (χ0n) is 10.9. The average Bonchev–Trinajstić information content (AvgIpc) is 2.32. The van der Waals surface area contributed by atoms with Gasteiger partial charge in [0.05, 0.1) is 18.5 Å². The standard InChI is InChI=1S/C14H22N2O2/c1-18-13-8-3-7-12(14(13)15)16(9-4-10-17)11-5-2-6-11/h3,7-8,11,17H,2,4-6,9-10,15H2,1H3. The van der Waals surface area contributed by atoms with Gasteiger partial charge in [-0.1, -0.05) is 6.07 Å². The Kier molecular flexibility index (Phi) is 4.31. The highest BCUT2D eigenvalue weighted by Crippen LogP contribution is 2.37. The van der Waals surface area contributed by atoms with Crippen molar-refractivity contribution in [2.75, 3.05) is 30.9 Å². The van der Waals surface area contributed by atoms with Crippen molar-refractivity contribution < 1.29 is 9.84 Å². The molecule has 0 unspecified atom stereocenters. The van der Waals surface area contributed by atoms with Crippen LogP contribution in [0.3, 0.4) is 0 Å². The van der Waals surface area contributed by atoms with E-state index in [0.717, 1.165) is 24.4 Å². The summed E-state index contributed by atoms with van der Waals surface area (Å²) in [7, 11) is 1.64. The molecule has 0 aromatic heterocycles. The minimum atomic E-state index is 0.215. The number of para-hydroxylation sites is 1. The monoisotopic (exact) mass is 250 g/mol. The number of anilines is 2. The van der Waals surface area contributed by atoms with Crippen LogP contribution in [0.5, 0.6) is 5.75 Å². The number of aliphatic hydroxyl groups is 1. The van der Waals surface area contributed by atoms with Crippen LogP contribution in [0.25, 0.3) is 0 Å². The minimum absolute atomic E-state index is 0.215. The largest absolute Gasteiger partial charge is 0.495 e. The number of hydrogen-bond donors (Lipinski definition) is 2. The van der Waals surface area contributed by atoms with Gasteiger partial charge in [0.2, 0.25) is 0 Å². The Bertz CT molecular complexity index is 391. The SMILES string of the molecule is COc1cccc(N(CCCO)C2CCC2)c1N. The average molecular weight is 250 g/mol. The van der Waals surface area contributed by atoms with Crippen molar-refractivity contribution in [3.8, 4) is 5.75 Å². The van der Waals surface area contributed by atoms with E-state index in [1.165, 1.54) is 19.3 Å². The number of methoxy groups -OCH3 is 1. The first-order valence-corrected chi connectivity index (χ1v) is 6.58. The number of rotatable bonds is 6. The Labute approximate surface area is 108 Å². The van der Waals surface area contributed by atoms with Gasteiger partial charge in [0.1, 0.15) is 5.75 Å². The first kappa shape index (κ1) is 13.0. The van der Waals surface area contributed by atoms with Crippen LogP contribution in [0.4, 0.5) is 11.4 Å². The second kappa shape index (κ2) is 5.96. The van der Waals surface area contributed by atoms with Crippen molar-refractivity contribution in [1.82, 2.24) is 0 Å². The van der Waals surface area contributed by atoms with E-state index in [0.29, 0.717) is 11.7 Å². The first-order valence-electron chi connectivity index (χ1n) is 6.58. The molecule has 3 N–H and O–H groups in total. The van der Waals surface area contributed by atoms with Gasteiger partial charge in [-0.05, 0) is 37.8 Å². The predicted molar refractivity (Wildman–Crippen MR) is 74.1 cm³/mol. The molecular formula is C14H22N2O2. The zero-order chi connectivity index (χ0) is 13.0. The van der Waals surface area contributed by atoms with Crippen molar-refractivity contribution in [2.24, 2.45) is 0 Å². The number of nitrogens with zero attached hydrogens (tertiary/aromatic N) is 1. The van der Waals surface area contributed by atoms with E-state index < -0.39 is 0 Å². The molecule has 2 rings (SSSR count). The number of ether oxygens (including phenoxy) is 1. The summed E-state index contributed by atoms with van der Waals surface area (Å²) in [5.41, 5.74) is 7.89. The van der Waals surface area contributed by atoms with Gasteiger partial charge in [0, 0.05) is 19.2 Å². The van der Waals surface area contributed by atoms with Crippen molar-refractivity contribution in [2.45, 2.75) is 31.7 Å². The van der Waals surface area contributed by atoms with E-state index in [1.54, 1.807) is 7.11 Å². The van der Waals surface area contributed by atoms with Crippen molar-refractivity contribution in [3.63, 3.8) is 0 Å². The second-order valence-electron chi connectivity index (χ2n) is 4.75. The lowest BCUT2D eigenvalue weighted by Gasteiger charge is -2.40. The molecule has 1 aliphatic rings. The second-order valence-corrected chi connectivity index (χ2v) is 4.75. The van der Waals surface area contributed by atoms with Gasteiger partial charge in [0.15, 0.2) is 0 Å². The van der Waals surface area contributed by atoms with Gasteiger partial charge in [-0.2, -0.15) is 0 Å². The molecule has 18 heavy (non-hydrogen) atoms. The van der Waals surface area contributed by atoms with E-state index in [1.807, 2.05) is 18.2 Å². The van der Waals surface area contributed by atoms with E-state index in [2.05, 4.69) is 4.90 Å². The van der Waals surface area contributed by atoms with Crippen LogP contribution in [0.15, 0.2) is 18.2 Å². The van der Waals surface area contributed by atoms with Crippen molar-refractivity contribution >= 4 is 11.4 Å². The van der Waals surface area contributed by atoms with Gasteiger partial charge >= 0.3 is 0 Å². The molecule has 4 heteroatoms. The maximum Gasteiger partial charge on any atom is 0.143 e. The third kappa shape index (κ3) is 2.53. The van der Waals surface area contributed by atoms with Crippen LogP contribution in [0, 0.1) is 0 Å². The summed E-state index contributed by atoms with van der Waals surface area (Å²) in [4.78, 5) is 2.32. The number of benzene rings is 1. The summed E-state index contributed by atoms with van der Waals surface area (Å²) in [6.45, 7) is 1.06. The zero-order valence-corrected chi connectivity index (χ0v) is 10.9. The molecule has 1 aromatic carbocycles. The normalized spacial score (nSPS) is 15.2. The summed E-state index contributed by atoms with van der Waals surface area (Å²) in [5.74, 6) is 0.723. The van der Waals surface area contributed by atoms with Crippen LogP contribution in [-0.4, -0.2) is 31.4 Å².